The lowest BCUT2D eigenvalue weighted by atomic mass is 9.71. The van der Waals surface area contributed by atoms with E-state index in [0.29, 0.717) is 24.2 Å². The van der Waals surface area contributed by atoms with E-state index in [0.717, 1.165) is 5.56 Å². The third-order valence-corrected chi connectivity index (χ3v) is 4.34. The Kier molecular flexibility index (Phi) is 3.55. The zero-order valence-electron chi connectivity index (χ0n) is 13.0. The van der Waals surface area contributed by atoms with Crippen LogP contribution in [0.2, 0.25) is 0 Å². The van der Waals surface area contributed by atoms with Crippen molar-refractivity contribution in [1.29, 1.82) is 0 Å². The van der Waals surface area contributed by atoms with Crippen molar-refractivity contribution < 1.29 is 19.2 Å². The first-order valence-corrected chi connectivity index (χ1v) is 7.48. The Labute approximate surface area is 133 Å². The molecule has 1 unspecified atom stereocenters. The van der Waals surface area contributed by atoms with E-state index in [1.807, 2.05) is 13.8 Å². The number of nitrogens with zero attached hydrogens (tertiary/aromatic N) is 1. The van der Waals surface area contributed by atoms with E-state index >= 15 is 0 Å². The molecule has 0 amide bonds. The van der Waals surface area contributed by atoms with Gasteiger partial charge in [0.15, 0.2) is 5.78 Å². The number of nitro benzene ring substituents is 1. The van der Waals surface area contributed by atoms with Crippen LogP contribution in [-0.4, -0.2) is 16.7 Å². The second-order valence-electron chi connectivity index (χ2n) is 6.86. The SMILES string of the molecule is CC1(C)CC(=O)C2=C(C1)OC(=O)CC2c1ccc([N+](=O)[O-])cc1. The highest BCUT2D eigenvalue weighted by atomic mass is 16.6. The van der Waals surface area contributed by atoms with Crippen LogP contribution in [0.4, 0.5) is 5.69 Å². The zero-order valence-corrected chi connectivity index (χ0v) is 13.0. The van der Waals surface area contributed by atoms with Crippen molar-refractivity contribution in [3.8, 4) is 0 Å². The first kappa shape index (κ1) is 15.4. The van der Waals surface area contributed by atoms with Gasteiger partial charge in [-0.1, -0.05) is 26.0 Å². The van der Waals surface area contributed by atoms with Crippen LogP contribution in [0.1, 0.15) is 44.6 Å². The van der Waals surface area contributed by atoms with E-state index in [1.165, 1.54) is 12.1 Å². The van der Waals surface area contributed by atoms with Gasteiger partial charge >= 0.3 is 5.97 Å². The molecule has 0 fully saturated rings. The van der Waals surface area contributed by atoms with Crippen LogP contribution in [-0.2, 0) is 14.3 Å². The van der Waals surface area contributed by atoms with Crippen molar-refractivity contribution in [2.24, 2.45) is 5.41 Å². The molecule has 0 aromatic heterocycles. The summed E-state index contributed by atoms with van der Waals surface area (Å²) in [5, 5.41) is 10.8. The predicted octanol–water partition coefficient (Wildman–Crippen LogP) is 3.27. The molecule has 120 valence electrons. The first-order valence-electron chi connectivity index (χ1n) is 7.48. The number of nitro groups is 1. The summed E-state index contributed by atoms with van der Waals surface area (Å²) in [5.74, 6) is -0.286. The van der Waals surface area contributed by atoms with Gasteiger partial charge in [-0.15, -0.1) is 0 Å². The lowest BCUT2D eigenvalue weighted by Crippen LogP contribution is -2.33. The van der Waals surface area contributed by atoms with Gasteiger partial charge in [-0.25, -0.2) is 0 Å². The molecule has 1 aromatic carbocycles. The highest BCUT2D eigenvalue weighted by Gasteiger charge is 2.42. The average molecular weight is 315 g/mol. The summed E-state index contributed by atoms with van der Waals surface area (Å²) in [4.78, 5) is 34.8. The molecule has 6 nitrogen and oxygen atoms in total. The van der Waals surface area contributed by atoms with E-state index in [2.05, 4.69) is 0 Å². The Hall–Kier alpha value is -2.50. The summed E-state index contributed by atoms with van der Waals surface area (Å²) >= 11 is 0. The maximum absolute atomic E-state index is 12.6. The molecule has 0 saturated carbocycles. The Morgan fingerprint density at radius 1 is 1.17 bits per heavy atom. The molecule has 0 radical (unpaired) electrons. The van der Waals surface area contributed by atoms with Gasteiger partial charge in [-0.05, 0) is 11.0 Å². The van der Waals surface area contributed by atoms with Crippen LogP contribution >= 0.6 is 0 Å². The summed E-state index contributed by atoms with van der Waals surface area (Å²) in [7, 11) is 0. The van der Waals surface area contributed by atoms with E-state index in [1.54, 1.807) is 12.1 Å². The molecule has 2 aliphatic rings. The minimum Gasteiger partial charge on any atom is -0.431 e. The van der Waals surface area contributed by atoms with Crippen molar-refractivity contribution in [3.05, 3.63) is 51.3 Å². The smallest absolute Gasteiger partial charge is 0.311 e. The number of ketones is 1. The number of esters is 1. The average Bonchev–Trinajstić information content (AvgIpc) is 2.44. The number of Topliss-reactive ketones (excluding diaryl/α,β-unsaturated/α-hetero) is 1. The van der Waals surface area contributed by atoms with Crippen molar-refractivity contribution in [1.82, 2.24) is 0 Å². The molecule has 0 bridgehead atoms. The number of allylic oxidation sites excluding steroid dienone is 2. The Morgan fingerprint density at radius 3 is 2.43 bits per heavy atom. The Balaban J connectivity index is 2.02. The van der Waals surface area contributed by atoms with E-state index in [4.69, 9.17) is 4.74 Å². The molecule has 1 aliphatic carbocycles. The number of non-ortho nitro benzene ring substituents is 1. The number of hydrogen-bond acceptors (Lipinski definition) is 5. The van der Waals surface area contributed by atoms with E-state index in [-0.39, 0.29) is 35.2 Å². The highest BCUT2D eigenvalue weighted by molar-refractivity contribution is 6.00. The van der Waals surface area contributed by atoms with Crippen LogP contribution < -0.4 is 0 Å². The molecule has 0 spiro atoms. The van der Waals surface area contributed by atoms with Crippen LogP contribution in [0.25, 0.3) is 0 Å². The molecule has 1 atom stereocenters. The maximum atomic E-state index is 12.6. The molecular formula is C17H17NO5. The number of benzene rings is 1. The molecule has 1 aromatic rings. The third-order valence-electron chi connectivity index (χ3n) is 4.34. The summed E-state index contributed by atoms with van der Waals surface area (Å²) < 4.78 is 5.32. The fourth-order valence-corrected chi connectivity index (χ4v) is 3.32. The quantitative estimate of drug-likeness (QED) is 0.475. The molecule has 1 aliphatic heterocycles. The lowest BCUT2D eigenvalue weighted by Gasteiger charge is -2.36. The fraction of sp³-hybridized carbons (Fsp3) is 0.412. The summed E-state index contributed by atoms with van der Waals surface area (Å²) in [6, 6.07) is 6.01. The maximum Gasteiger partial charge on any atom is 0.311 e. The molecular weight excluding hydrogens is 298 g/mol. The number of ether oxygens (including phenoxy) is 1. The monoisotopic (exact) mass is 315 g/mol. The van der Waals surface area contributed by atoms with Crippen molar-refractivity contribution in [2.75, 3.05) is 0 Å². The van der Waals surface area contributed by atoms with Gasteiger partial charge in [-0.2, -0.15) is 0 Å². The van der Waals surface area contributed by atoms with Gasteiger partial charge in [0.2, 0.25) is 0 Å². The van der Waals surface area contributed by atoms with Gasteiger partial charge < -0.3 is 4.74 Å². The molecule has 0 N–H and O–H groups in total. The largest absolute Gasteiger partial charge is 0.431 e. The van der Waals surface area contributed by atoms with Gasteiger partial charge in [0.25, 0.3) is 5.69 Å². The summed E-state index contributed by atoms with van der Waals surface area (Å²) in [6.45, 7) is 3.94. The molecule has 23 heavy (non-hydrogen) atoms. The minimum absolute atomic E-state index is 0.00731. The van der Waals surface area contributed by atoms with Gasteiger partial charge in [0, 0.05) is 36.5 Å². The summed E-state index contributed by atoms with van der Waals surface area (Å²) in [5.41, 5.74) is 1.04. The fourth-order valence-electron chi connectivity index (χ4n) is 3.32. The molecule has 1 heterocycles. The second-order valence-corrected chi connectivity index (χ2v) is 6.86. The van der Waals surface area contributed by atoms with Crippen LogP contribution in [0.5, 0.6) is 0 Å². The van der Waals surface area contributed by atoms with E-state index in [9.17, 15) is 19.7 Å². The zero-order chi connectivity index (χ0) is 16.8. The Bertz CT molecular complexity index is 730. The molecule has 0 saturated heterocycles. The van der Waals surface area contributed by atoms with Crippen LogP contribution in [0, 0.1) is 15.5 Å². The highest BCUT2D eigenvalue weighted by Crippen LogP contribution is 2.45. The lowest BCUT2D eigenvalue weighted by molar-refractivity contribution is -0.384. The first-order chi connectivity index (χ1) is 10.8. The van der Waals surface area contributed by atoms with Crippen LogP contribution in [0.3, 0.4) is 0 Å². The normalized spacial score (nSPS) is 23.3. The van der Waals surface area contributed by atoms with Crippen molar-refractivity contribution >= 4 is 17.4 Å². The van der Waals surface area contributed by atoms with Gasteiger partial charge in [0.1, 0.15) is 5.76 Å². The van der Waals surface area contributed by atoms with E-state index < -0.39 is 4.92 Å². The van der Waals surface area contributed by atoms with Gasteiger partial charge in [-0.3, -0.25) is 19.7 Å². The number of carbonyl (C=O) groups is 2. The summed E-state index contributed by atoms with van der Waals surface area (Å²) in [6.07, 6.45) is 1.04. The standard InChI is InChI=1S/C17H17NO5/c1-17(2)8-13(19)16-12(7-15(20)23-14(16)9-17)10-3-5-11(6-4-10)18(21)22/h3-6,12H,7-9H2,1-2H3. The van der Waals surface area contributed by atoms with Crippen LogP contribution in [0.15, 0.2) is 35.6 Å². The number of carbonyl (C=O) groups excluding carboxylic acids is 2. The van der Waals surface area contributed by atoms with Crippen molar-refractivity contribution in [3.63, 3.8) is 0 Å². The third kappa shape index (κ3) is 2.88. The second kappa shape index (κ2) is 5.30. The minimum atomic E-state index is -0.474. The topological polar surface area (TPSA) is 86.5 Å². The number of rotatable bonds is 2. The molecule has 3 rings (SSSR count). The number of hydrogen-bond donors (Lipinski definition) is 0. The Morgan fingerprint density at radius 2 is 1.83 bits per heavy atom. The predicted molar refractivity (Wildman–Crippen MR) is 81.6 cm³/mol. The van der Waals surface area contributed by atoms with Crippen molar-refractivity contribution in [2.45, 2.75) is 39.0 Å². The van der Waals surface area contributed by atoms with Gasteiger partial charge in [0.05, 0.1) is 11.3 Å². The molecule has 6 heteroatoms.